The minimum Gasteiger partial charge on any atom is -0.337 e. The molecule has 1 heterocycles. The lowest BCUT2D eigenvalue weighted by atomic mass is 10.0. The Labute approximate surface area is 127 Å². The Bertz CT molecular complexity index is 481. The van der Waals surface area contributed by atoms with Crippen LogP contribution < -0.4 is 0 Å². The lowest BCUT2D eigenvalue weighted by Gasteiger charge is -2.36. The van der Waals surface area contributed by atoms with Crippen molar-refractivity contribution in [2.75, 3.05) is 27.2 Å². The molecule has 1 unspecified atom stereocenters. The molecule has 5 heteroatoms. The van der Waals surface area contributed by atoms with Gasteiger partial charge in [0.2, 0.25) is 0 Å². The van der Waals surface area contributed by atoms with Gasteiger partial charge in [-0.3, -0.25) is 4.79 Å². The number of likely N-dealkylation sites (tertiary alicyclic amines) is 1. The highest BCUT2D eigenvalue weighted by Gasteiger charge is 2.26. The molecular weight excluding hydrogens is 328 g/mol. The number of rotatable bonds is 2. The van der Waals surface area contributed by atoms with E-state index in [0.29, 0.717) is 10.6 Å². The van der Waals surface area contributed by atoms with E-state index in [2.05, 4.69) is 27.9 Å². The van der Waals surface area contributed by atoms with Gasteiger partial charge in [-0.25, -0.2) is 0 Å². The molecule has 0 saturated carbocycles. The van der Waals surface area contributed by atoms with E-state index in [1.807, 2.05) is 11.9 Å². The monoisotopic (exact) mass is 344 g/mol. The van der Waals surface area contributed by atoms with Gasteiger partial charge in [-0.1, -0.05) is 11.6 Å². The first-order valence-corrected chi connectivity index (χ1v) is 7.57. The lowest BCUT2D eigenvalue weighted by molar-refractivity contribution is 0.0643. The van der Waals surface area contributed by atoms with E-state index in [1.54, 1.807) is 18.2 Å². The van der Waals surface area contributed by atoms with Crippen molar-refractivity contribution in [3.8, 4) is 0 Å². The highest BCUT2D eigenvalue weighted by Crippen LogP contribution is 2.24. The van der Waals surface area contributed by atoms with Crippen molar-refractivity contribution < 1.29 is 4.79 Å². The summed E-state index contributed by atoms with van der Waals surface area (Å²) in [6.07, 6.45) is 2.21. The third-order valence-corrected chi connectivity index (χ3v) is 4.52. The number of carbonyl (C=O) groups excluding carboxylic acids is 1. The van der Waals surface area contributed by atoms with E-state index in [1.165, 1.54) is 0 Å². The zero-order chi connectivity index (χ0) is 14.0. The number of amides is 1. The molecule has 1 atom stereocenters. The van der Waals surface area contributed by atoms with Crippen LogP contribution in [0.1, 0.15) is 23.2 Å². The van der Waals surface area contributed by atoms with Crippen LogP contribution in [0.25, 0.3) is 0 Å². The van der Waals surface area contributed by atoms with E-state index in [0.717, 1.165) is 30.4 Å². The SMILES string of the molecule is CN1CCCC(N(C)C(=O)c2ccc(Cl)cc2Br)C1. The van der Waals surface area contributed by atoms with E-state index >= 15 is 0 Å². The van der Waals surface area contributed by atoms with Crippen LogP contribution in [0.15, 0.2) is 22.7 Å². The van der Waals surface area contributed by atoms with Gasteiger partial charge in [0.25, 0.3) is 5.91 Å². The standard InChI is InChI=1S/C14H18BrClN2O/c1-17-7-3-4-11(9-17)18(2)14(19)12-6-5-10(16)8-13(12)15/h5-6,8,11H,3-4,7,9H2,1-2H3. The predicted octanol–water partition coefficient (Wildman–Crippen LogP) is 3.27. The summed E-state index contributed by atoms with van der Waals surface area (Å²) in [6, 6.07) is 5.57. The first kappa shape index (κ1) is 14.8. The van der Waals surface area contributed by atoms with Crippen LogP contribution in [0.2, 0.25) is 5.02 Å². The number of piperidine rings is 1. The predicted molar refractivity (Wildman–Crippen MR) is 81.8 cm³/mol. The Morgan fingerprint density at radius 2 is 2.26 bits per heavy atom. The van der Waals surface area contributed by atoms with Crippen molar-refractivity contribution in [1.29, 1.82) is 0 Å². The molecule has 1 aromatic rings. The molecule has 1 aliphatic rings. The highest BCUT2D eigenvalue weighted by molar-refractivity contribution is 9.10. The van der Waals surface area contributed by atoms with Gasteiger partial charge in [0.15, 0.2) is 0 Å². The van der Waals surface area contributed by atoms with Gasteiger partial charge in [0.1, 0.15) is 0 Å². The lowest BCUT2D eigenvalue weighted by Crippen LogP contribution is -2.47. The topological polar surface area (TPSA) is 23.6 Å². The number of benzene rings is 1. The molecule has 104 valence electrons. The number of likely N-dealkylation sites (N-methyl/N-ethyl adjacent to an activating group) is 2. The summed E-state index contributed by atoms with van der Waals surface area (Å²) in [4.78, 5) is 16.6. The minimum absolute atomic E-state index is 0.0452. The fourth-order valence-corrected chi connectivity index (χ4v) is 3.33. The van der Waals surface area contributed by atoms with Crippen molar-refractivity contribution in [3.05, 3.63) is 33.3 Å². The fourth-order valence-electron chi connectivity index (χ4n) is 2.47. The van der Waals surface area contributed by atoms with Crippen molar-refractivity contribution >= 4 is 33.4 Å². The van der Waals surface area contributed by atoms with Crippen LogP contribution in [-0.2, 0) is 0 Å². The van der Waals surface area contributed by atoms with Gasteiger partial charge in [0.05, 0.1) is 5.56 Å². The van der Waals surface area contributed by atoms with Gasteiger partial charge in [0, 0.05) is 29.1 Å². The van der Waals surface area contributed by atoms with E-state index in [9.17, 15) is 4.79 Å². The highest BCUT2D eigenvalue weighted by atomic mass is 79.9. The van der Waals surface area contributed by atoms with Crippen molar-refractivity contribution in [3.63, 3.8) is 0 Å². The number of halogens is 2. The van der Waals surface area contributed by atoms with Crippen LogP contribution in [0, 0.1) is 0 Å². The summed E-state index contributed by atoms with van der Waals surface area (Å²) < 4.78 is 0.751. The smallest absolute Gasteiger partial charge is 0.255 e. The maximum Gasteiger partial charge on any atom is 0.255 e. The summed E-state index contributed by atoms with van der Waals surface area (Å²) in [6.45, 7) is 2.05. The molecule has 0 N–H and O–H groups in total. The molecule has 3 nitrogen and oxygen atoms in total. The third kappa shape index (κ3) is 3.50. The van der Waals surface area contributed by atoms with E-state index in [4.69, 9.17) is 11.6 Å². The first-order valence-electron chi connectivity index (χ1n) is 6.40. The normalized spacial score (nSPS) is 20.3. The molecule has 1 amide bonds. The molecule has 0 aromatic heterocycles. The summed E-state index contributed by atoms with van der Waals surface area (Å²) in [5, 5.41) is 0.628. The average Bonchev–Trinajstić information content (AvgIpc) is 2.37. The van der Waals surface area contributed by atoms with E-state index in [-0.39, 0.29) is 11.9 Å². The molecule has 0 radical (unpaired) electrons. The molecule has 1 aromatic carbocycles. The molecular formula is C14H18BrClN2O. The zero-order valence-electron chi connectivity index (χ0n) is 11.2. The Hall–Kier alpha value is -0.580. The average molecular weight is 346 g/mol. The number of carbonyl (C=O) groups is 1. The molecule has 0 bridgehead atoms. The molecule has 1 aliphatic heterocycles. The molecule has 0 spiro atoms. The maximum absolute atomic E-state index is 12.5. The molecule has 0 aliphatic carbocycles. The maximum atomic E-state index is 12.5. The summed E-state index contributed by atoms with van der Waals surface area (Å²) in [5.74, 6) is 0.0452. The van der Waals surface area contributed by atoms with Gasteiger partial charge in [-0.05, 0) is 60.6 Å². The second kappa shape index (κ2) is 6.25. The Kier molecular flexibility index (Phi) is 4.87. The van der Waals surface area contributed by atoms with Gasteiger partial charge in [-0.2, -0.15) is 0 Å². The van der Waals surface area contributed by atoms with Crippen LogP contribution in [-0.4, -0.2) is 48.9 Å². The number of hydrogen-bond acceptors (Lipinski definition) is 2. The zero-order valence-corrected chi connectivity index (χ0v) is 13.5. The third-order valence-electron chi connectivity index (χ3n) is 3.63. The minimum atomic E-state index is 0.0452. The van der Waals surface area contributed by atoms with Gasteiger partial charge < -0.3 is 9.80 Å². The Balaban J connectivity index is 2.14. The van der Waals surface area contributed by atoms with E-state index < -0.39 is 0 Å². The second-order valence-corrected chi connectivity index (χ2v) is 6.39. The summed E-state index contributed by atoms with van der Waals surface area (Å²) in [7, 11) is 3.98. The summed E-state index contributed by atoms with van der Waals surface area (Å²) in [5.41, 5.74) is 0.667. The van der Waals surface area contributed by atoms with Crippen molar-refractivity contribution in [2.24, 2.45) is 0 Å². The van der Waals surface area contributed by atoms with Crippen molar-refractivity contribution in [1.82, 2.24) is 9.80 Å². The van der Waals surface area contributed by atoms with Crippen LogP contribution in [0.4, 0.5) is 0 Å². The Morgan fingerprint density at radius 1 is 1.53 bits per heavy atom. The van der Waals surface area contributed by atoms with Crippen LogP contribution in [0.5, 0.6) is 0 Å². The molecule has 1 fully saturated rings. The largest absolute Gasteiger partial charge is 0.337 e. The van der Waals surface area contributed by atoms with Crippen molar-refractivity contribution in [2.45, 2.75) is 18.9 Å². The number of nitrogens with zero attached hydrogens (tertiary/aromatic N) is 2. The molecule has 1 saturated heterocycles. The van der Waals surface area contributed by atoms with Crippen LogP contribution >= 0.6 is 27.5 Å². The number of hydrogen-bond donors (Lipinski definition) is 0. The van der Waals surface area contributed by atoms with Crippen LogP contribution in [0.3, 0.4) is 0 Å². The summed E-state index contributed by atoms with van der Waals surface area (Å²) >= 11 is 9.32. The van der Waals surface area contributed by atoms with Gasteiger partial charge >= 0.3 is 0 Å². The Morgan fingerprint density at radius 3 is 2.89 bits per heavy atom. The molecule has 2 rings (SSSR count). The fraction of sp³-hybridized carbons (Fsp3) is 0.500. The van der Waals surface area contributed by atoms with Gasteiger partial charge in [-0.15, -0.1) is 0 Å². The quantitative estimate of drug-likeness (QED) is 0.821. The molecule has 19 heavy (non-hydrogen) atoms. The second-order valence-electron chi connectivity index (χ2n) is 5.10. The first-order chi connectivity index (χ1) is 8.99.